The third-order valence-electron chi connectivity index (χ3n) is 5.33. The topological polar surface area (TPSA) is 32.9 Å². The van der Waals surface area contributed by atoms with Crippen LogP contribution in [-0.4, -0.2) is 44.4 Å². The summed E-state index contributed by atoms with van der Waals surface area (Å²) in [5.74, 6) is 0. The third kappa shape index (κ3) is 5.42. The summed E-state index contributed by atoms with van der Waals surface area (Å²) in [5.41, 5.74) is 2.18. The van der Waals surface area contributed by atoms with E-state index in [0.717, 1.165) is 5.69 Å². The molecule has 3 rings (SSSR count). The summed E-state index contributed by atoms with van der Waals surface area (Å²) < 4.78 is 0. The molecule has 1 heterocycles. The molecule has 0 spiro atoms. The lowest BCUT2D eigenvalue weighted by Crippen LogP contribution is -3.27. The maximum absolute atomic E-state index is 6.24. The van der Waals surface area contributed by atoms with Crippen molar-refractivity contribution in [1.29, 1.82) is 0 Å². The lowest BCUT2D eigenvalue weighted by Gasteiger charge is -2.37. The molecule has 1 fully saturated rings. The van der Waals surface area contributed by atoms with Crippen LogP contribution < -0.4 is 20.4 Å². The number of quaternary nitrogens is 2. The van der Waals surface area contributed by atoms with Crippen molar-refractivity contribution in [2.45, 2.75) is 19.0 Å². The van der Waals surface area contributed by atoms with Gasteiger partial charge < -0.3 is 20.4 Å². The Morgan fingerprint density at radius 3 is 2.30 bits per heavy atom. The lowest BCUT2D eigenvalue weighted by atomic mass is 9.98. The van der Waals surface area contributed by atoms with Gasteiger partial charge in [-0.2, -0.15) is 0 Å². The molecule has 1 aliphatic rings. The van der Waals surface area contributed by atoms with Gasteiger partial charge in [-0.05, 0) is 31.3 Å². The number of anilines is 1. The van der Waals surface area contributed by atoms with Gasteiger partial charge in [-0.25, -0.2) is 0 Å². The summed E-state index contributed by atoms with van der Waals surface area (Å²) in [7, 11) is 2.28. The van der Waals surface area contributed by atoms with E-state index in [2.05, 4.69) is 54.9 Å². The Hall–Kier alpha value is -1.66. The van der Waals surface area contributed by atoms with Gasteiger partial charge in [0.15, 0.2) is 5.11 Å². The van der Waals surface area contributed by atoms with Crippen molar-refractivity contribution in [3.8, 4) is 0 Å². The van der Waals surface area contributed by atoms with E-state index >= 15 is 0 Å². The second kappa shape index (κ2) is 9.51. The highest BCUT2D eigenvalue weighted by molar-refractivity contribution is 7.80. The van der Waals surface area contributed by atoms with Gasteiger partial charge in [0.05, 0.1) is 23.8 Å². The Morgan fingerprint density at radius 1 is 1.00 bits per heavy atom. The molecule has 4 nitrogen and oxygen atoms in total. The first-order chi connectivity index (χ1) is 13.0. The van der Waals surface area contributed by atoms with E-state index < -0.39 is 0 Å². The molecule has 144 valence electrons. The van der Waals surface area contributed by atoms with Crippen molar-refractivity contribution in [3.63, 3.8) is 0 Å². The summed E-state index contributed by atoms with van der Waals surface area (Å²) in [6.07, 6.45) is 0. The summed E-state index contributed by atoms with van der Waals surface area (Å²) in [6, 6.07) is 19.0. The van der Waals surface area contributed by atoms with Crippen molar-refractivity contribution >= 4 is 34.6 Å². The van der Waals surface area contributed by atoms with E-state index in [4.69, 9.17) is 23.8 Å². The molecule has 2 atom stereocenters. The molecule has 0 saturated carbocycles. The maximum Gasteiger partial charge on any atom is 0.171 e. The van der Waals surface area contributed by atoms with Gasteiger partial charge in [-0.15, -0.1) is 0 Å². The van der Waals surface area contributed by atoms with E-state index in [1.165, 1.54) is 31.7 Å². The standard InChI is InChI=1S/C21H27ClN4S/c1-16(23-21(27)24-19-11-7-6-10-18(19)22)20(17-8-4-3-5-9-17)26-14-12-25(2)13-15-26/h3-11,16,20H,12-15H2,1-2H3,(H2,23,24,27)/p+2/t16-,20-/m0/s1. The van der Waals surface area contributed by atoms with Crippen LogP contribution in [-0.2, 0) is 0 Å². The predicted octanol–water partition coefficient (Wildman–Crippen LogP) is 1.17. The second-order valence-corrected chi connectivity index (χ2v) is 8.19. The molecule has 0 radical (unpaired) electrons. The van der Waals surface area contributed by atoms with E-state index in [0.29, 0.717) is 16.2 Å². The van der Waals surface area contributed by atoms with E-state index in [1.54, 1.807) is 9.80 Å². The average Bonchev–Trinajstić information content (AvgIpc) is 2.66. The van der Waals surface area contributed by atoms with Crippen LogP contribution in [0.25, 0.3) is 0 Å². The van der Waals surface area contributed by atoms with Crippen LogP contribution in [0.2, 0.25) is 5.02 Å². The zero-order valence-corrected chi connectivity index (χ0v) is 17.5. The molecule has 2 aromatic carbocycles. The monoisotopic (exact) mass is 404 g/mol. The number of thiocarbonyl (C=S) groups is 1. The van der Waals surface area contributed by atoms with Crippen LogP contribution in [0.1, 0.15) is 18.5 Å². The first-order valence-corrected chi connectivity index (χ1v) is 10.4. The Labute approximate surface area is 172 Å². The Morgan fingerprint density at radius 2 is 1.63 bits per heavy atom. The highest BCUT2D eigenvalue weighted by Crippen LogP contribution is 2.20. The van der Waals surface area contributed by atoms with Crippen LogP contribution in [0.5, 0.6) is 0 Å². The highest BCUT2D eigenvalue weighted by Gasteiger charge is 2.33. The number of hydrogen-bond acceptors (Lipinski definition) is 1. The van der Waals surface area contributed by atoms with Gasteiger partial charge in [0.25, 0.3) is 0 Å². The zero-order chi connectivity index (χ0) is 19.2. The number of likely N-dealkylation sites (N-methyl/N-ethyl adjacent to an activating group) is 1. The zero-order valence-electron chi connectivity index (χ0n) is 16.0. The van der Waals surface area contributed by atoms with Crippen molar-refractivity contribution in [2.24, 2.45) is 0 Å². The lowest BCUT2D eigenvalue weighted by molar-refractivity contribution is -1.02. The van der Waals surface area contributed by atoms with Crippen molar-refractivity contribution < 1.29 is 9.80 Å². The fraction of sp³-hybridized carbons (Fsp3) is 0.381. The van der Waals surface area contributed by atoms with Crippen molar-refractivity contribution in [1.82, 2.24) is 5.32 Å². The van der Waals surface area contributed by atoms with Gasteiger partial charge in [-0.1, -0.05) is 54.1 Å². The number of halogens is 1. The fourth-order valence-electron chi connectivity index (χ4n) is 3.86. The van der Waals surface area contributed by atoms with E-state index in [-0.39, 0.29) is 6.04 Å². The molecule has 0 aliphatic carbocycles. The van der Waals surface area contributed by atoms with Gasteiger partial charge in [0, 0.05) is 5.56 Å². The molecular formula is C21H29ClN4S+2. The minimum absolute atomic E-state index is 0.197. The SMILES string of the molecule is C[C@H](NC(=S)Nc1ccccc1Cl)[C@@H](c1ccccc1)[NH+]1CC[NH+](C)CC1. The smallest absolute Gasteiger partial charge is 0.171 e. The normalized spacial score (nSPS) is 21.9. The number of rotatable bonds is 5. The molecule has 0 unspecified atom stereocenters. The van der Waals surface area contributed by atoms with Gasteiger partial charge in [0.2, 0.25) is 0 Å². The molecule has 6 heteroatoms. The first kappa shape index (κ1) is 20.1. The molecule has 27 heavy (non-hydrogen) atoms. The number of piperazine rings is 1. The molecule has 0 bridgehead atoms. The second-order valence-electron chi connectivity index (χ2n) is 7.37. The van der Waals surface area contributed by atoms with Crippen LogP contribution in [0, 0.1) is 0 Å². The van der Waals surface area contributed by atoms with E-state index in [9.17, 15) is 0 Å². The summed E-state index contributed by atoms with van der Waals surface area (Å²) in [6.45, 7) is 6.96. The largest absolute Gasteiger partial charge is 0.354 e. The molecule has 0 aromatic heterocycles. The molecule has 1 aliphatic heterocycles. The number of benzene rings is 2. The molecule has 2 aromatic rings. The quantitative estimate of drug-likeness (QED) is 0.565. The number of para-hydroxylation sites is 1. The molecule has 0 amide bonds. The minimum atomic E-state index is 0.197. The van der Waals surface area contributed by atoms with Crippen LogP contribution in [0.4, 0.5) is 5.69 Å². The Kier molecular flexibility index (Phi) is 7.07. The maximum atomic E-state index is 6.24. The van der Waals surface area contributed by atoms with Crippen LogP contribution >= 0.6 is 23.8 Å². The van der Waals surface area contributed by atoms with Gasteiger partial charge >= 0.3 is 0 Å². The fourth-order valence-corrected chi connectivity index (χ4v) is 4.34. The Bertz CT molecular complexity index is 747. The van der Waals surface area contributed by atoms with Crippen molar-refractivity contribution in [2.75, 3.05) is 38.5 Å². The highest BCUT2D eigenvalue weighted by atomic mass is 35.5. The first-order valence-electron chi connectivity index (χ1n) is 9.57. The number of hydrogen-bond donors (Lipinski definition) is 4. The van der Waals surface area contributed by atoms with E-state index in [1.807, 2.05) is 24.3 Å². The van der Waals surface area contributed by atoms with Crippen LogP contribution in [0.3, 0.4) is 0 Å². The summed E-state index contributed by atoms with van der Waals surface area (Å²) in [5, 5.41) is 8.00. The molecular weight excluding hydrogens is 376 g/mol. The molecule has 1 saturated heterocycles. The van der Waals surface area contributed by atoms with Gasteiger partial charge in [0.1, 0.15) is 32.2 Å². The Balaban J connectivity index is 1.71. The minimum Gasteiger partial charge on any atom is -0.354 e. The summed E-state index contributed by atoms with van der Waals surface area (Å²) >= 11 is 11.8. The third-order valence-corrected chi connectivity index (χ3v) is 5.87. The molecule has 4 N–H and O–H groups in total. The van der Waals surface area contributed by atoms with Gasteiger partial charge in [-0.3, -0.25) is 0 Å². The van der Waals surface area contributed by atoms with Crippen molar-refractivity contribution in [3.05, 3.63) is 65.2 Å². The average molecular weight is 405 g/mol. The predicted molar refractivity (Wildman–Crippen MR) is 117 cm³/mol. The number of nitrogens with one attached hydrogen (secondary N) is 4. The summed E-state index contributed by atoms with van der Waals surface area (Å²) in [4.78, 5) is 3.23. The van der Waals surface area contributed by atoms with Crippen LogP contribution in [0.15, 0.2) is 54.6 Å².